The van der Waals surface area contributed by atoms with E-state index in [9.17, 15) is 4.79 Å². The third-order valence-electron chi connectivity index (χ3n) is 3.74. The molecule has 4 N–H and O–H groups in total. The number of amidine groups is 1. The molecule has 0 heterocycles. The van der Waals surface area contributed by atoms with Crippen molar-refractivity contribution in [3.05, 3.63) is 35.4 Å². The topological polar surface area (TPSA) is 87.7 Å². The molecule has 1 amide bonds. The fourth-order valence-electron chi connectivity index (χ4n) is 2.23. The summed E-state index contributed by atoms with van der Waals surface area (Å²) in [5.41, 5.74) is 6.57. The molecule has 0 saturated heterocycles. The van der Waals surface area contributed by atoms with Crippen LogP contribution in [0.2, 0.25) is 0 Å². The molecule has 1 aliphatic carbocycles. The Hall–Kier alpha value is -2.04. The highest BCUT2D eigenvalue weighted by atomic mass is 16.4. The van der Waals surface area contributed by atoms with Gasteiger partial charge in [-0.2, -0.15) is 0 Å². The summed E-state index contributed by atoms with van der Waals surface area (Å²) in [6.45, 7) is 2.04. The summed E-state index contributed by atoms with van der Waals surface area (Å²) in [6.07, 6.45) is 3.63. The van der Waals surface area contributed by atoms with Crippen LogP contribution in [0.4, 0.5) is 0 Å². The minimum atomic E-state index is -0.119. The third kappa shape index (κ3) is 3.05. The molecule has 1 saturated carbocycles. The second-order valence-electron chi connectivity index (χ2n) is 5.02. The van der Waals surface area contributed by atoms with Gasteiger partial charge in [-0.15, -0.1) is 0 Å². The zero-order valence-corrected chi connectivity index (χ0v) is 11.0. The first-order chi connectivity index (χ1) is 9.11. The maximum atomic E-state index is 12.1. The quantitative estimate of drug-likeness (QED) is 0.333. The van der Waals surface area contributed by atoms with Crippen molar-refractivity contribution in [3.63, 3.8) is 0 Å². The monoisotopic (exact) mass is 261 g/mol. The van der Waals surface area contributed by atoms with Gasteiger partial charge in [0, 0.05) is 17.2 Å². The number of rotatable bonds is 4. The van der Waals surface area contributed by atoms with Crippen LogP contribution in [0.3, 0.4) is 0 Å². The minimum Gasteiger partial charge on any atom is -0.409 e. The molecule has 5 nitrogen and oxygen atoms in total. The Balaban J connectivity index is 2.06. The van der Waals surface area contributed by atoms with Crippen molar-refractivity contribution in [1.29, 1.82) is 0 Å². The molecule has 0 aromatic heterocycles. The summed E-state index contributed by atoms with van der Waals surface area (Å²) in [6, 6.07) is 6.94. The van der Waals surface area contributed by atoms with Crippen LogP contribution < -0.4 is 11.1 Å². The van der Waals surface area contributed by atoms with Crippen LogP contribution in [0.15, 0.2) is 29.4 Å². The van der Waals surface area contributed by atoms with E-state index in [4.69, 9.17) is 10.9 Å². The average molecular weight is 261 g/mol. The Labute approximate surface area is 112 Å². The fraction of sp³-hybridized carbons (Fsp3) is 0.429. The van der Waals surface area contributed by atoms with Crippen LogP contribution in [-0.4, -0.2) is 23.0 Å². The predicted octanol–water partition coefficient (Wildman–Crippen LogP) is 1.70. The second-order valence-corrected chi connectivity index (χ2v) is 5.02. The molecular weight excluding hydrogens is 242 g/mol. The lowest BCUT2D eigenvalue weighted by Crippen LogP contribution is -2.40. The van der Waals surface area contributed by atoms with Gasteiger partial charge in [0.1, 0.15) is 0 Å². The van der Waals surface area contributed by atoms with E-state index in [-0.39, 0.29) is 17.8 Å². The van der Waals surface area contributed by atoms with Gasteiger partial charge in [0.2, 0.25) is 0 Å². The first-order valence-electron chi connectivity index (χ1n) is 6.50. The van der Waals surface area contributed by atoms with Gasteiger partial charge in [-0.1, -0.05) is 23.7 Å². The molecule has 1 fully saturated rings. The summed E-state index contributed by atoms with van der Waals surface area (Å²) in [4.78, 5) is 12.1. The van der Waals surface area contributed by atoms with Gasteiger partial charge in [-0.3, -0.25) is 4.79 Å². The Kier molecular flexibility index (Phi) is 4.04. The number of nitrogens with two attached hydrogens (primary N) is 1. The highest BCUT2D eigenvalue weighted by Gasteiger charge is 2.25. The Morgan fingerprint density at radius 1 is 1.47 bits per heavy atom. The number of hydrogen-bond acceptors (Lipinski definition) is 3. The van der Waals surface area contributed by atoms with Crippen molar-refractivity contribution in [2.75, 3.05) is 0 Å². The highest BCUT2D eigenvalue weighted by molar-refractivity contribution is 6.01. The molecule has 5 heteroatoms. The van der Waals surface area contributed by atoms with E-state index in [0.717, 1.165) is 0 Å². The van der Waals surface area contributed by atoms with E-state index in [2.05, 4.69) is 10.5 Å². The summed E-state index contributed by atoms with van der Waals surface area (Å²) in [7, 11) is 0. The summed E-state index contributed by atoms with van der Waals surface area (Å²) >= 11 is 0. The Bertz CT molecular complexity index is 495. The standard InChI is InChI=1S/C14H19N3O2/c1-9(10-4-2-5-10)16-14(18)12-7-3-6-11(8-12)13(15)17-19/h3,6-10,19H,2,4-5H2,1H3,(H2,15,17)(H,16,18). The summed E-state index contributed by atoms with van der Waals surface area (Å²) in [5.74, 6) is 0.477. The van der Waals surface area contributed by atoms with E-state index < -0.39 is 0 Å². The SMILES string of the molecule is CC(NC(=O)c1cccc(/C(N)=N/O)c1)C1CCC1. The second kappa shape index (κ2) is 5.73. The molecule has 0 bridgehead atoms. The number of carbonyl (C=O) groups is 1. The number of carbonyl (C=O) groups excluding carboxylic acids is 1. The lowest BCUT2D eigenvalue weighted by molar-refractivity contribution is 0.0909. The van der Waals surface area contributed by atoms with Gasteiger partial charge in [0.25, 0.3) is 5.91 Å². The molecule has 0 radical (unpaired) electrons. The molecule has 1 unspecified atom stereocenters. The average Bonchev–Trinajstić information content (AvgIpc) is 2.35. The Morgan fingerprint density at radius 2 is 2.16 bits per heavy atom. The van der Waals surface area contributed by atoms with Gasteiger partial charge >= 0.3 is 0 Å². The Morgan fingerprint density at radius 3 is 2.74 bits per heavy atom. The molecule has 19 heavy (non-hydrogen) atoms. The minimum absolute atomic E-state index is 0.00157. The fourth-order valence-corrected chi connectivity index (χ4v) is 2.23. The summed E-state index contributed by atoms with van der Waals surface area (Å²) in [5, 5.41) is 14.6. The molecule has 1 atom stereocenters. The van der Waals surface area contributed by atoms with Gasteiger partial charge < -0.3 is 16.3 Å². The van der Waals surface area contributed by atoms with E-state index in [1.807, 2.05) is 6.92 Å². The van der Waals surface area contributed by atoms with Crippen LogP contribution in [-0.2, 0) is 0 Å². The smallest absolute Gasteiger partial charge is 0.251 e. The van der Waals surface area contributed by atoms with Crippen molar-refractivity contribution < 1.29 is 10.0 Å². The molecule has 2 rings (SSSR count). The van der Waals surface area contributed by atoms with Crippen molar-refractivity contribution >= 4 is 11.7 Å². The maximum absolute atomic E-state index is 12.1. The molecule has 0 aliphatic heterocycles. The highest BCUT2D eigenvalue weighted by Crippen LogP contribution is 2.29. The van der Waals surface area contributed by atoms with E-state index >= 15 is 0 Å². The number of oxime groups is 1. The van der Waals surface area contributed by atoms with Crippen LogP contribution in [0.1, 0.15) is 42.1 Å². The molecule has 1 aromatic rings. The number of nitrogens with zero attached hydrogens (tertiary/aromatic N) is 1. The van der Waals surface area contributed by atoms with E-state index in [1.54, 1.807) is 24.3 Å². The van der Waals surface area contributed by atoms with Gasteiger partial charge in [-0.25, -0.2) is 0 Å². The number of hydrogen-bond donors (Lipinski definition) is 3. The van der Waals surface area contributed by atoms with Gasteiger partial charge in [0.15, 0.2) is 5.84 Å². The van der Waals surface area contributed by atoms with Crippen molar-refractivity contribution in [2.45, 2.75) is 32.2 Å². The van der Waals surface area contributed by atoms with Crippen molar-refractivity contribution in [1.82, 2.24) is 5.32 Å². The maximum Gasteiger partial charge on any atom is 0.251 e. The molecular formula is C14H19N3O2. The predicted molar refractivity (Wildman–Crippen MR) is 73.2 cm³/mol. The van der Waals surface area contributed by atoms with E-state index in [0.29, 0.717) is 17.0 Å². The molecule has 1 aliphatic rings. The normalized spacial score (nSPS) is 17.6. The van der Waals surface area contributed by atoms with Crippen LogP contribution in [0.5, 0.6) is 0 Å². The zero-order chi connectivity index (χ0) is 13.8. The van der Waals surface area contributed by atoms with Gasteiger partial charge in [-0.05, 0) is 37.8 Å². The largest absolute Gasteiger partial charge is 0.409 e. The lowest BCUT2D eigenvalue weighted by atomic mass is 9.80. The number of nitrogens with one attached hydrogen (secondary N) is 1. The van der Waals surface area contributed by atoms with Crippen LogP contribution in [0, 0.1) is 5.92 Å². The zero-order valence-electron chi connectivity index (χ0n) is 11.0. The third-order valence-corrected chi connectivity index (χ3v) is 3.74. The molecule has 102 valence electrons. The molecule has 1 aromatic carbocycles. The summed E-state index contributed by atoms with van der Waals surface area (Å²) < 4.78 is 0. The van der Waals surface area contributed by atoms with Crippen molar-refractivity contribution in [3.8, 4) is 0 Å². The van der Waals surface area contributed by atoms with Crippen LogP contribution in [0.25, 0.3) is 0 Å². The van der Waals surface area contributed by atoms with Crippen LogP contribution >= 0.6 is 0 Å². The number of benzene rings is 1. The lowest BCUT2D eigenvalue weighted by Gasteiger charge is -2.31. The van der Waals surface area contributed by atoms with Crippen molar-refractivity contribution in [2.24, 2.45) is 16.8 Å². The molecule has 0 spiro atoms. The van der Waals surface area contributed by atoms with Gasteiger partial charge in [0.05, 0.1) is 0 Å². The number of amides is 1. The van der Waals surface area contributed by atoms with E-state index in [1.165, 1.54) is 19.3 Å². The first-order valence-corrected chi connectivity index (χ1v) is 6.50. The first kappa shape index (κ1) is 13.4.